The Kier molecular flexibility index (Phi) is 4.59. The third kappa shape index (κ3) is 2.20. The van der Waals surface area contributed by atoms with Gasteiger partial charge in [0, 0.05) is 0 Å². The molecule has 0 aromatic heterocycles. The van der Waals surface area contributed by atoms with E-state index in [2.05, 4.69) is 86.8 Å². The molecule has 1 aliphatic rings. The van der Waals surface area contributed by atoms with Gasteiger partial charge in [-0.15, -0.1) is 0 Å². The Morgan fingerprint density at radius 1 is 0.773 bits per heavy atom. The summed E-state index contributed by atoms with van der Waals surface area (Å²) in [6.07, 6.45) is 0. The van der Waals surface area contributed by atoms with Gasteiger partial charge in [0.25, 0.3) is 0 Å². The van der Waals surface area contributed by atoms with Crippen LogP contribution in [-0.2, 0) is 16.6 Å². The van der Waals surface area contributed by atoms with Crippen LogP contribution < -0.4 is 5.19 Å². The van der Waals surface area contributed by atoms with E-state index in [1.165, 1.54) is 0 Å². The quantitative estimate of drug-likeness (QED) is 0.564. The van der Waals surface area contributed by atoms with Crippen molar-refractivity contribution < 1.29 is 16.6 Å². The van der Waals surface area contributed by atoms with Crippen LogP contribution in [0.5, 0.6) is 0 Å². The Labute approximate surface area is 142 Å². The molecule has 0 radical (unpaired) electrons. The van der Waals surface area contributed by atoms with Gasteiger partial charge < -0.3 is 0 Å². The van der Waals surface area contributed by atoms with Crippen molar-refractivity contribution in [1.82, 2.24) is 0 Å². The molecule has 0 atom stereocenters. The van der Waals surface area contributed by atoms with Crippen molar-refractivity contribution in [3.63, 3.8) is 0 Å². The topological polar surface area (TPSA) is 0 Å². The van der Waals surface area contributed by atoms with E-state index in [1.807, 2.05) is 0 Å². The molecule has 0 saturated heterocycles. The summed E-state index contributed by atoms with van der Waals surface area (Å²) in [7, 11) is -1.67. The van der Waals surface area contributed by atoms with Crippen LogP contribution in [0.1, 0.15) is 27.7 Å². The molecule has 0 bridgehead atoms. The molecule has 0 aliphatic heterocycles. The van der Waals surface area contributed by atoms with Crippen molar-refractivity contribution in [2.24, 2.45) is 0 Å². The van der Waals surface area contributed by atoms with E-state index in [1.54, 1.807) is 27.5 Å². The number of benzene rings is 1. The van der Waals surface area contributed by atoms with Crippen LogP contribution in [0, 0.1) is 0 Å². The van der Waals surface area contributed by atoms with Gasteiger partial charge >= 0.3 is 142 Å². The molecule has 0 heterocycles. The maximum absolute atomic E-state index is 2.62. The maximum atomic E-state index is 2.62. The van der Waals surface area contributed by atoms with Gasteiger partial charge in [0.2, 0.25) is 0 Å². The molecular formula is C20H32SiTi. The van der Waals surface area contributed by atoms with Crippen LogP contribution in [0.2, 0.25) is 32.1 Å². The van der Waals surface area contributed by atoms with Gasteiger partial charge in [-0.05, 0) is 0 Å². The monoisotopic (exact) mass is 348 g/mol. The van der Waals surface area contributed by atoms with Crippen molar-refractivity contribution in [3.8, 4) is 0 Å². The normalized spacial score (nSPS) is 19.1. The second kappa shape index (κ2) is 5.61. The molecule has 0 saturated carbocycles. The van der Waals surface area contributed by atoms with E-state index in [-0.39, 0.29) is 0 Å². The first-order valence-corrected chi connectivity index (χ1v) is 16.9. The summed E-state index contributed by atoms with van der Waals surface area (Å²) in [6.45, 7) is 14.8. The third-order valence-corrected chi connectivity index (χ3v) is 21.5. The molecule has 1 aromatic rings. The number of allylic oxidation sites excluding steroid dienone is 4. The predicted octanol–water partition coefficient (Wildman–Crippen LogP) is 6.28. The van der Waals surface area contributed by atoms with Crippen molar-refractivity contribution >= 4 is 13.3 Å². The van der Waals surface area contributed by atoms with Crippen molar-refractivity contribution in [1.29, 1.82) is 0 Å². The van der Waals surface area contributed by atoms with Crippen LogP contribution >= 0.6 is 0 Å². The minimum absolute atomic E-state index is 0.378. The molecule has 120 valence electrons. The van der Waals surface area contributed by atoms with Gasteiger partial charge in [0.1, 0.15) is 0 Å². The molecule has 2 rings (SSSR count). The molecule has 1 aliphatic carbocycles. The van der Waals surface area contributed by atoms with Gasteiger partial charge in [-0.2, -0.15) is 0 Å². The summed E-state index contributed by atoms with van der Waals surface area (Å²) in [5.41, 5.74) is 6.51. The van der Waals surface area contributed by atoms with E-state index in [9.17, 15) is 0 Å². The zero-order valence-electron chi connectivity index (χ0n) is 15.9. The second-order valence-corrected chi connectivity index (χ2v) is 22.0. The fourth-order valence-corrected chi connectivity index (χ4v) is 24.6. The van der Waals surface area contributed by atoms with Crippen LogP contribution in [0.25, 0.3) is 0 Å². The fourth-order valence-electron chi connectivity index (χ4n) is 5.48. The van der Waals surface area contributed by atoms with Gasteiger partial charge in [-0.25, -0.2) is 0 Å². The average molecular weight is 348 g/mol. The van der Waals surface area contributed by atoms with Crippen molar-refractivity contribution in [2.75, 3.05) is 0 Å². The van der Waals surface area contributed by atoms with Gasteiger partial charge in [-0.1, -0.05) is 0 Å². The molecule has 0 amide bonds. The number of hydrogen-bond acceptors (Lipinski definition) is 0. The Hall–Kier alpha value is -0.369. The van der Waals surface area contributed by atoms with E-state index >= 15 is 0 Å². The van der Waals surface area contributed by atoms with Gasteiger partial charge in [0.15, 0.2) is 0 Å². The Bertz CT molecular complexity index is 618. The molecule has 0 unspecified atom stereocenters. The summed E-state index contributed by atoms with van der Waals surface area (Å²) in [6, 6.07) is 11.4. The molecule has 0 nitrogen and oxygen atoms in total. The fraction of sp³-hybridized carbons (Fsp3) is 0.500. The van der Waals surface area contributed by atoms with Gasteiger partial charge in [0.05, 0.1) is 0 Å². The molecule has 1 aromatic carbocycles. The molecule has 0 fully saturated rings. The van der Waals surface area contributed by atoms with E-state index in [0.29, 0.717) is 3.34 Å². The molecule has 0 spiro atoms. The van der Waals surface area contributed by atoms with E-state index in [0.717, 1.165) is 0 Å². The summed E-state index contributed by atoms with van der Waals surface area (Å²) in [5, 5.41) is 9.47. The van der Waals surface area contributed by atoms with E-state index in [4.69, 9.17) is 0 Å². The average Bonchev–Trinajstić information content (AvgIpc) is 2.61. The molecule has 0 N–H and O–H groups in total. The van der Waals surface area contributed by atoms with Crippen molar-refractivity contribution in [3.05, 3.63) is 52.6 Å². The summed E-state index contributed by atoms with van der Waals surface area (Å²) in [4.78, 5) is 0. The Morgan fingerprint density at radius 2 is 1.18 bits per heavy atom. The summed E-state index contributed by atoms with van der Waals surface area (Å²) < 4.78 is 0.378. The van der Waals surface area contributed by atoms with Crippen LogP contribution in [0.15, 0.2) is 52.6 Å². The predicted molar refractivity (Wildman–Crippen MR) is 101 cm³/mol. The summed E-state index contributed by atoms with van der Waals surface area (Å²) in [5.74, 6) is 0. The Morgan fingerprint density at radius 3 is 1.55 bits per heavy atom. The molecule has 2 heteroatoms. The molecule has 22 heavy (non-hydrogen) atoms. The Balaban J connectivity index is 2.86. The zero-order chi connectivity index (χ0) is 16.9. The third-order valence-electron chi connectivity index (χ3n) is 6.37. The van der Waals surface area contributed by atoms with Crippen LogP contribution in [0.4, 0.5) is 0 Å². The van der Waals surface area contributed by atoms with Gasteiger partial charge in [-0.3, -0.25) is 0 Å². The van der Waals surface area contributed by atoms with E-state index < -0.39 is 24.7 Å². The SMILES string of the molecule is CC1=C(C)[C]([Si](C)(C)c2ccccc2)([Ti]([CH3])([CH3])[CH3])C(C)=C1C. The number of hydrogen-bond donors (Lipinski definition) is 0. The first-order valence-electron chi connectivity index (χ1n) is 8.41. The first-order chi connectivity index (χ1) is 9.99. The zero-order valence-corrected chi connectivity index (χ0v) is 18.4. The standard InChI is InChI=1S/C17H23Si.3CH3.Ti/c1-12-13(2)15(4)17(14(12)3)18(5,6)16-10-8-7-9-11-16;;;;/h7-11H,1-6H3;3*1H3;. The summed E-state index contributed by atoms with van der Waals surface area (Å²) >= 11 is -2.04. The number of rotatable bonds is 3. The van der Waals surface area contributed by atoms with Crippen LogP contribution in [-0.4, -0.2) is 8.07 Å². The van der Waals surface area contributed by atoms with Crippen molar-refractivity contribution in [2.45, 2.75) is 59.8 Å². The molecular weight excluding hydrogens is 316 g/mol. The first kappa shape index (κ1) is 18.0. The second-order valence-electron chi connectivity index (χ2n) is 8.49. The minimum atomic E-state index is -2.04. The van der Waals surface area contributed by atoms with Crippen LogP contribution in [0.3, 0.4) is 0 Å².